The molecule has 2 aromatic heterocycles. The molecule has 0 aromatic carbocycles. The molecule has 0 saturated carbocycles. The number of ether oxygens (including phenoxy) is 1. The Labute approximate surface area is 184 Å². The molecule has 0 radical (unpaired) electrons. The van der Waals surface area contributed by atoms with Crippen LogP contribution in [0.15, 0.2) is 18.5 Å². The van der Waals surface area contributed by atoms with E-state index >= 15 is 0 Å². The fourth-order valence-electron chi connectivity index (χ4n) is 3.55. The molecule has 170 valence electrons. The third-order valence-corrected chi connectivity index (χ3v) is 7.05. The summed E-state index contributed by atoms with van der Waals surface area (Å²) in [4.78, 5) is 35.1. The maximum absolute atomic E-state index is 12.4. The van der Waals surface area contributed by atoms with Gasteiger partial charge >= 0.3 is 6.03 Å². The van der Waals surface area contributed by atoms with Gasteiger partial charge in [-0.05, 0) is 25.0 Å². The molecule has 0 bridgehead atoms. The van der Waals surface area contributed by atoms with Gasteiger partial charge in [-0.2, -0.15) is 0 Å². The van der Waals surface area contributed by atoms with Crippen molar-refractivity contribution in [3.63, 3.8) is 0 Å². The molecule has 1 saturated heterocycles. The normalized spacial score (nSPS) is 17.0. The number of fused-ring (bicyclic) bond motifs is 1. The molecule has 0 spiro atoms. The summed E-state index contributed by atoms with van der Waals surface area (Å²) in [5.74, 6) is 0.511. The summed E-state index contributed by atoms with van der Waals surface area (Å²) in [6.45, 7) is 11.3. The third-order valence-electron chi connectivity index (χ3n) is 5.34. The Kier molecular flexibility index (Phi) is 7.66. The average molecular weight is 447 g/mol. The van der Waals surface area contributed by atoms with Gasteiger partial charge in [-0.3, -0.25) is 10.1 Å². The Bertz CT molecular complexity index is 910. The molecule has 2 N–H and O–H groups in total. The number of carbonyl (C=O) groups is 2. The summed E-state index contributed by atoms with van der Waals surface area (Å²) in [6, 6.07) is 2.59. The minimum absolute atomic E-state index is 0.0599. The lowest BCUT2D eigenvalue weighted by molar-refractivity contribution is -0.132. The number of amides is 3. The van der Waals surface area contributed by atoms with Gasteiger partial charge in [-0.25, -0.2) is 14.8 Å². The predicted octanol–water partition coefficient (Wildman–Crippen LogP) is 3.27. The molecule has 9 nitrogen and oxygen atoms in total. The molecule has 31 heavy (non-hydrogen) atoms. The molecule has 1 aliphatic rings. The van der Waals surface area contributed by atoms with Crippen LogP contribution in [-0.2, 0) is 16.3 Å². The third kappa shape index (κ3) is 6.76. The van der Waals surface area contributed by atoms with Gasteiger partial charge in [-0.1, -0.05) is 26.6 Å². The number of carbonyl (C=O) groups excluding carboxylic acids is 2. The Hall–Kier alpha value is -2.46. The molecule has 1 aliphatic heterocycles. The van der Waals surface area contributed by atoms with Crippen molar-refractivity contribution < 1.29 is 14.3 Å². The van der Waals surface area contributed by atoms with E-state index in [0.717, 1.165) is 37.7 Å². The van der Waals surface area contributed by atoms with Gasteiger partial charge in [0.2, 0.25) is 5.91 Å². The van der Waals surface area contributed by atoms with Crippen molar-refractivity contribution in [2.75, 3.05) is 25.0 Å². The van der Waals surface area contributed by atoms with E-state index in [0.29, 0.717) is 31.0 Å². The molecule has 2 aromatic rings. The number of urea groups is 1. The van der Waals surface area contributed by atoms with Crippen molar-refractivity contribution >= 4 is 37.0 Å². The monoisotopic (exact) mass is 446 g/mol. The first-order valence-corrected chi connectivity index (χ1v) is 14.7. The van der Waals surface area contributed by atoms with Crippen molar-refractivity contribution in [3.8, 4) is 0 Å². The number of piperidine rings is 1. The molecular formula is C21H34N6O3Si. The van der Waals surface area contributed by atoms with Gasteiger partial charge in [0.1, 0.15) is 12.2 Å². The summed E-state index contributed by atoms with van der Waals surface area (Å²) in [5, 5.41) is 5.70. The number of hydrogen-bond acceptors (Lipinski definition) is 5. The highest BCUT2D eigenvalue weighted by atomic mass is 28.3. The highest BCUT2D eigenvalue weighted by Crippen LogP contribution is 2.15. The maximum Gasteiger partial charge on any atom is 0.320 e. The van der Waals surface area contributed by atoms with Crippen LogP contribution >= 0.6 is 0 Å². The lowest BCUT2D eigenvalue weighted by Crippen LogP contribution is -2.50. The maximum atomic E-state index is 12.4. The van der Waals surface area contributed by atoms with Crippen molar-refractivity contribution in [2.24, 2.45) is 0 Å². The standard InChI is InChI=1S/C21H34N6O3Si/c1-5-19(28)26-9-6-7-16(14-26)23-21(29)25-18-13-22-20-17(24-18)8-10-27(20)15-30-11-12-31(2,3)4/h8,10,13,16H,5-7,9,11-12,14-15H2,1-4H3,(H2,23,24,25,29). The topological polar surface area (TPSA) is 101 Å². The zero-order valence-corrected chi connectivity index (χ0v) is 20.0. The second-order valence-corrected chi connectivity index (χ2v) is 14.8. The van der Waals surface area contributed by atoms with E-state index in [1.807, 2.05) is 28.7 Å². The highest BCUT2D eigenvalue weighted by Gasteiger charge is 2.24. The summed E-state index contributed by atoms with van der Waals surface area (Å²) in [7, 11) is -1.11. The second-order valence-electron chi connectivity index (χ2n) is 9.23. The first kappa shape index (κ1) is 23.2. The van der Waals surface area contributed by atoms with Gasteiger partial charge in [0, 0.05) is 46.4 Å². The predicted molar refractivity (Wildman–Crippen MR) is 124 cm³/mol. The molecule has 3 rings (SSSR count). The van der Waals surface area contributed by atoms with E-state index < -0.39 is 8.07 Å². The molecule has 1 unspecified atom stereocenters. The van der Waals surface area contributed by atoms with Gasteiger partial charge in [0.25, 0.3) is 0 Å². The minimum Gasteiger partial charge on any atom is -0.361 e. The van der Waals surface area contributed by atoms with Crippen molar-refractivity contribution in [1.29, 1.82) is 0 Å². The van der Waals surface area contributed by atoms with Crippen LogP contribution in [0.4, 0.5) is 10.6 Å². The molecule has 10 heteroatoms. The summed E-state index contributed by atoms with van der Waals surface area (Å²) < 4.78 is 7.71. The van der Waals surface area contributed by atoms with Gasteiger partial charge in [0.05, 0.1) is 6.20 Å². The summed E-state index contributed by atoms with van der Waals surface area (Å²) in [5.41, 5.74) is 1.42. The van der Waals surface area contributed by atoms with Crippen molar-refractivity contribution in [2.45, 2.75) is 64.6 Å². The number of aromatic nitrogens is 3. The van der Waals surface area contributed by atoms with Crippen LogP contribution in [0, 0.1) is 0 Å². The van der Waals surface area contributed by atoms with Gasteiger partial charge in [-0.15, -0.1) is 0 Å². The van der Waals surface area contributed by atoms with E-state index in [9.17, 15) is 9.59 Å². The van der Waals surface area contributed by atoms with Crippen LogP contribution < -0.4 is 10.6 Å². The molecule has 3 amide bonds. The summed E-state index contributed by atoms with van der Waals surface area (Å²) in [6.07, 6.45) is 5.67. The van der Waals surface area contributed by atoms with E-state index in [-0.39, 0.29) is 18.0 Å². The second kappa shape index (κ2) is 10.2. The molecule has 1 atom stereocenters. The fourth-order valence-corrected chi connectivity index (χ4v) is 4.31. The fraction of sp³-hybridized carbons (Fsp3) is 0.619. The van der Waals surface area contributed by atoms with Crippen LogP contribution in [-0.4, -0.2) is 65.2 Å². The number of likely N-dealkylation sites (tertiary alicyclic amines) is 1. The molecular weight excluding hydrogens is 412 g/mol. The number of anilines is 1. The molecule has 3 heterocycles. The van der Waals surface area contributed by atoms with E-state index in [4.69, 9.17) is 4.74 Å². The molecule has 0 aliphatic carbocycles. The number of hydrogen-bond donors (Lipinski definition) is 2. The Morgan fingerprint density at radius 1 is 1.32 bits per heavy atom. The van der Waals surface area contributed by atoms with Crippen LogP contribution in [0.2, 0.25) is 25.7 Å². The Morgan fingerprint density at radius 2 is 2.13 bits per heavy atom. The SMILES string of the molecule is CCC(=O)N1CCCC(NC(=O)Nc2cnc3c(ccn3COCC[Si](C)(C)C)n2)C1. The van der Waals surface area contributed by atoms with Crippen LogP contribution in [0.25, 0.3) is 11.2 Å². The number of nitrogens with one attached hydrogen (secondary N) is 2. The zero-order chi connectivity index (χ0) is 22.4. The summed E-state index contributed by atoms with van der Waals surface area (Å²) >= 11 is 0. The van der Waals surface area contributed by atoms with Crippen molar-refractivity contribution in [1.82, 2.24) is 24.8 Å². The number of rotatable bonds is 8. The Morgan fingerprint density at radius 3 is 2.87 bits per heavy atom. The first-order chi connectivity index (χ1) is 14.7. The van der Waals surface area contributed by atoms with E-state index in [2.05, 4.69) is 40.2 Å². The lowest BCUT2D eigenvalue weighted by atomic mass is 10.1. The van der Waals surface area contributed by atoms with Gasteiger partial charge < -0.3 is 19.5 Å². The van der Waals surface area contributed by atoms with Crippen LogP contribution in [0.5, 0.6) is 0 Å². The lowest BCUT2D eigenvalue weighted by Gasteiger charge is -2.33. The first-order valence-electron chi connectivity index (χ1n) is 11.0. The largest absolute Gasteiger partial charge is 0.361 e. The van der Waals surface area contributed by atoms with Crippen molar-refractivity contribution in [3.05, 3.63) is 18.5 Å². The average Bonchev–Trinajstić information content (AvgIpc) is 3.12. The Balaban J connectivity index is 1.52. The van der Waals surface area contributed by atoms with Crippen LogP contribution in [0.3, 0.4) is 0 Å². The van der Waals surface area contributed by atoms with Gasteiger partial charge in [0.15, 0.2) is 11.5 Å². The molecule has 1 fully saturated rings. The van der Waals surface area contributed by atoms with E-state index in [1.54, 1.807) is 6.20 Å². The highest BCUT2D eigenvalue weighted by molar-refractivity contribution is 6.76. The minimum atomic E-state index is -1.11. The zero-order valence-electron chi connectivity index (χ0n) is 19.0. The number of nitrogens with zero attached hydrogens (tertiary/aromatic N) is 4. The van der Waals surface area contributed by atoms with Crippen LogP contribution in [0.1, 0.15) is 26.2 Å². The smallest absolute Gasteiger partial charge is 0.320 e. The quantitative estimate of drug-likeness (QED) is 0.479. The van der Waals surface area contributed by atoms with E-state index in [1.165, 1.54) is 0 Å².